The topological polar surface area (TPSA) is 75.4 Å². The van der Waals surface area contributed by atoms with Crippen LogP contribution >= 0.6 is 0 Å². The van der Waals surface area contributed by atoms with Crippen LogP contribution in [-0.4, -0.2) is 33.3 Å². The number of para-hydroxylation sites is 1. The lowest BCUT2D eigenvalue weighted by molar-refractivity contribution is -0.135. The van der Waals surface area contributed by atoms with Gasteiger partial charge in [-0.1, -0.05) is 18.2 Å². The molecule has 1 aromatic carbocycles. The Morgan fingerprint density at radius 1 is 1.26 bits per heavy atom. The number of nitrogens with zero attached hydrogens (tertiary/aromatic N) is 3. The van der Waals surface area contributed by atoms with E-state index in [9.17, 15) is 9.59 Å². The molecular weight excluding hydrogens is 246 g/mol. The van der Waals surface area contributed by atoms with Gasteiger partial charge in [-0.3, -0.25) is 19.2 Å². The average molecular weight is 259 g/mol. The Kier molecular flexibility index (Phi) is 3.61. The summed E-state index contributed by atoms with van der Waals surface area (Å²) in [4.78, 5) is 24.4. The molecule has 0 fully saturated rings. The molecule has 2 aromatic rings. The van der Waals surface area contributed by atoms with Crippen LogP contribution in [0.3, 0.4) is 0 Å². The molecule has 0 bridgehead atoms. The fourth-order valence-corrected chi connectivity index (χ4v) is 1.69. The van der Waals surface area contributed by atoms with E-state index >= 15 is 0 Å². The van der Waals surface area contributed by atoms with Crippen molar-refractivity contribution in [2.75, 3.05) is 11.4 Å². The minimum absolute atomic E-state index is 0.215. The van der Waals surface area contributed by atoms with Crippen LogP contribution in [0.25, 0.3) is 0 Å². The van der Waals surface area contributed by atoms with E-state index in [1.165, 1.54) is 9.58 Å². The van der Waals surface area contributed by atoms with Crippen LogP contribution in [0.5, 0.6) is 0 Å². The number of rotatable bonds is 4. The number of carbonyl (C=O) groups is 2. The Hall–Kier alpha value is -2.63. The molecule has 1 amide bonds. The van der Waals surface area contributed by atoms with Gasteiger partial charge in [-0.15, -0.1) is 0 Å². The SMILES string of the molecule is Cn1ccc(C(=O)N(CC(=O)O)c2ccccc2)n1. The number of carbonyl (C=O) groups excluding carboxylic acids is 1. The third-order valence-corrected chi connectivity index (χ3v) is 2.54. The Morgan fingerprint density at radius 3 is 2.47 bits per heavy atom. The lowest BCUT2D eigenvalue weighted by atomic mass is 10.2. The number of carboxylic acids is 1. The molecule has 98 valence electrons. The van der Waals surface area contributed by atoms with Crippen molar-refractivity contribution < 1.29 is 14.7 Å². The van der Waals surface area contributed by atoms with Gasteiger partial charge in [0.25, 0.3) is 5.91 Å². The Balaban J connectivity index is 2.33. The molecule has 1 aromatic heterocycles. The second kappa shape index (κ2) is 5.34. The maximum Gasteiger partial charge on any atom is 0.323 e. The number of amides is 1. The predicted octanol–water partition coefficient (Wildman–Crippen LogP) is 1.15. The van der Waals surface area contributed by atoms with Crippen LogP contribution < -0.4 is 4.90 Å². The van der Waals surface area contributed by atoms with Gasteiger partial charge in [-0.05, 0) is 18.2 Å². The Bertz CT molecular complexity index is 592. The second-order valence-corrected chi connectivity index (χ2v) is 4.00. The third-order valence-electron chi connectivity index (χ3n) is 2.54. The largest absolute Gasteiger partial charge is 0.480 e. The predicted molar refractivity (Wildman–Crippen MR) is 69.0 cm³/mol. The number of hydrogen-bond donors (Lipinski definition) is 1. The van der Waals surface area contributed by atoms with Crippen molar-refractivity contribution in [1.82, 2.24) is 9.78 Å². The molecule has 1 heterocycles. The van der Waals surface area contributed by atoms with Gasteiger partial charge in [-0.2, -0.15) is 5.10 Å². The van der Waals surface area contributed by atoms with E-state index in [0.717, 1.165) is 0 Å². The van der Waals surface area contributed by atoms with Gasteiger partial charge in [0.15, 0.2) is 5.69 Å². The van der Waals surface area contributed by atoms with Crippen LogP contribution in [0, 0.1) is 0 Å². The average Bonchev–Trinajstić information content (AvgIpc) is 2.83. The molecule has 0 aliphatic rings. The van der Waals surface area contributed by atoms with Crippen molar-refractivity contribution >= 4 is 17.6 Å². The van der Waals surface area contributed by atoms with Crippen molar-refractivity contribution in [2.45, 2.75) is 0 Å². The minimum atomic E-state index is -1.08. The molecule has 0 saturated heterocycles. The zero-order valence-corrected chi connectivity index (χ0v) is 10.4. The number of carboxylic acid groups (broad SMARTS) is 1. The fourth-order valence-electron chi connectivity index (χ4n) is 1.69. The van der Waals surface area contributed by atoms with Gasteiger partial charge < -0.3 is 5.11 Å². The van der Waals surface area contributed by atoms with Crippen molar-refractivity contribution in [3.8, 4) is 0 Å². The number of anilines is 1. The van der Waals surface area contributed by atoms with E-state index < -0.39 is 18.4 Å². The number of benzene rings is 1. The highest BCUT2D eigenvalue weighted by Crippen LogP contribution is 2.15. The van der Waals surface area contributed by atoms with E-state index in [-0.39, 0.29) is 5.69 Å². The molecule has 6 nitrogen and oxygen atoms in total. The molecule has 6 heteroatoms. The summed E-state index contributed by atoms with van der Waals surface area (Å²) in [6.45, 7) is -0.403. The van der Waals surface area contributed by atoms with E-state index in [4.69, 9.17) is 5.11 Å². The number of hydrogen-bond acceptors (Lipinski definition) is 3. The zero-order chi connectivity index (χ0) is 13.8. The highest BCUT2D eigenvalue weighted by Gasteiger charge is 2.21. The first kappa shape index (κ1) is 12.8. The smallest absolute Gasteiger partial charge is 0.323 e. The van der Waals surface area contributed by atoms with Gasteiger partial charge in [0.05, 0.1) is 0 Å². The maximum atomic E-state index is 12.3. The molecule has 0 unspecified atom stereocenters. The molecule has 0 saturated carbocycles. The van der Waals surface area contributed by atoms with E-state index in [0.29, 0.717) is 5.69 Å². The number of aryl methyl sites for hydroxylation is 1. The zero-order valence-electron chi connectivity index (χ0n) is 10.4. The Labute approximate surface area is 109 Å². The maximum absolute atomic E-state index is 12.3. The van der Waals surface area contributed by atoms with Crippen molar-refractivity contribution in [1.29, 1.82) is 0 Å². The van der Waals surface area contributed by atoms with Crippen molar-refractivity contribution in [3.63, 3.8) is 0 Å². The van der Waals surface area contributed by atoms with Gasteiger partial charge >= 0.3 is 5.97 Å². The quantitative estimate of drug-likeness (QED) is 0.893. The first-order valence-corrected chi connectivity index (χ1v) is 5.66. The molecule has 0 spiro atoms. The van der Waals surface area contributed by atoms with Crippen LogP contribution in [0.15, 0.2) is 42.6 Å². The summed E-state index contributed by atoms with van der Waals surface area (Å²) in [5, 5.41) is 12.9. The van der Waals surface area contributed by atoms with E-state index in [1.54, 1.807) is 49.6 Å². The standard InChI is InChI=1S/C13H13N3O3/c1-15-8-7-11(14-15)13(19)16(9-12(17)18)10-5-3-2-4-6-10/h2-8H,9H2,1H3,(H,17,18). The number of aliphatic carboxylic acids is 1. The van der Waals surface area contributed by atoms with Crippen LogP contribution in [-0.2, 0) is 11.8 Å². The van der Waals surface area contributed by atoms with Crippen LogP contribution in [0.2, 0.25) is 0 Å². The molecule has 0 atom stereocenters. The molecule has 2 rings (SSSR count). The van der Waals surface area contributed by atoms with Crippen LogP contribution in [0.1, 0.15) is 10.5 Å². The van der Waals surface area contributed by atoms with E-state index in [1.807, 2.05) is 0 Å². The van der Waals surface area contributed by atoms with Crippen molar-refractivity contribution in [2.24, 2.45) is 7.05 Å². The molecule has 0 aliphatic carbocycles. The summed E-state index contributed by atoms with van der Waals surface area (Å²) in [6.07, 6.45) is 1.64. The monoisotopic (exact) mass is 259 g/mol. The molecular formula is C13H13N3O3. The van der Waals surface area contributed by atoms with Gasteiger partial charge in [0.1, 0.15) is 6.54 Å². The molecule has 1 N–H and O–H groups in total. The fraction of sp³-hybridized carbons (Fsp3) is 0.154. The highest BCUT2D eigenvalue weighted by atomic mass is 16.4. The molecule has 0 aliphatic heterocycles. The Morgan fingerprint density at radius 2 is 1.95 bits per heavy atom. The van der Waals surface area contributed by atoms with E-state index in [2.05, 4.69) is 5.10 Å². The summed E-state index contributed by atoms with van der Waals surface area (Å²) < 4.78 is 1.50. The molecule has 19 heavy (non-hydrogen) atoms. The van der Waals surface area contributed by atoms with Gasteiger partial charge in [-0.25, -0.2) is 0 Å². The second-order valence-electron chi connectivity index (χ2n) is 4.00. The first-order chi connectivity index (χ1) is 9.08. The normalized spacial score (nSPS) is 10.2. The summed E-state index contributed by atoms with van der Waals surface area (Å²) in [7, 11) is 1.70. The summed E-state index contributed by atoms with van der Waals surface area (Å²) in [5.74, 6) is -1.51. The number of aromatic nitrogens is 2. The lowest BCUT2D eigenvalue weighted by Crippen LogP contribution is -2.36. The van der Waals surface area contributed by atoms with Gasteiger partial charge in [0, 0.05) is 18.9 Å². The first-order valence-electron chi connectivity index (χ1n) is 5.66. The highest BCUT2D eigenvalue weighted by molar-refractivity contribution is 6.06. The van der Waals surface area contributed by atoms with Gasteiger partial charge in [0.2, 0.25) is 0 Å². The minimum Gasteiger partial charge on any atom is -0.480 e. The third kappa shape index (κ3) is 2.98. The molecule has 0 radical (unpaired) electrons. The summed E-state index contributed by atoms with van der Waals surface area (Å²) in [6, 6.07) is 10.2. The van der Waals surface area contributed by atoms with Crippen molar-refractivity contribution in [3.05, 3.63) is 48.3 Å². The summed E-state index contributed by atoms with van der Waals surface area (Å²) >= 11 is 0. The van der Waals surface area contributed by atoms with Crippen LogP contribution in [0.4, 0.5) is 5.69 Å². The lowest BCUT2D eigenvalue weighted by Gasteiger charge is -2.19. The summed E-state index contributed by atoms with van der Waals surface area (Å²) in [5.41, 5.74) is 0.744.